The highest BCUT2D eigenvalue weighted by atomic mass is 35.5. The Morgan fingerprint density at radius 2 is 1.92 bits per heavy atom. The molecule has 3 rings (SSSR count). The number of benzene rings is 2. The average Bonchev–Trinajstić information content (AvgIpc) is 2.64. The van der Waals surface area contributed by atoms with Crippen molar-refractivity contribution < 1.29 is 9.53 Å². The van der Waals surface area contributed by atoms with Crippen LogP contribution in [0.15, 0.2) is 42.5 Å². The van der Waals surface area contributed by atoms with Gasteiger partial charge in [0.05, 0.1) is 11.6 Å². The molecule has 0 aromatic heterocycles. The van der Waals surface area contributed by atoms with Crippen LogP contribution in [0.2, 0.25) is 5.02 Å². The highest BCUT2D eigenvalue weighted by Gasteiger charge is 2.24. The lowest BCUT2D eigenvalue weighted by molar-refractivity contribution is 0.115. The molecule has 2 aromatic rings. The fourth-order valence-corrected chi connectivity index (χ4v) is 3.07. The van der Waals surface area contributed by atoms with Crippen molar-refractivity contribution in [1.82, 2.24) is 4.90 Å². The summed E-state index contributed by atoms with van der Waals surface area (Å²) in [6.07, 6.45) is 1.54. The third kappa shape index (κ3) is 4.47. The van der Waals surface area contributed by atoms with Gasteiger partial charge in [-0.25, -0.2) is 9.64 Å². The maximum Gasteiger partial charge on any atom is 0.321 e. The lowest BCUT2D eigenvalue weighted by atomic mass is 10.1. The van der Waals surface area contributed by atoms with E-state index < -0.39 is 0 Å². The van der Waals surface area contributed by atoms with Gasteiger partial charge in [-0.2, -0.15) is 0 Å². The summed E-state index contributed by atoms with van der Waals surface area (Å²) in [7, 11) is 0. The maximum atomic E-state index is 12.4. The molecule has 0 saturated carbocycles. The summed E-state index contributed by atoms with van der Waals surface area (Å²) in [5, 5.41) is 3.32. The van der Waals surface area contributed by atoms with Gasteiger partial charge in [0.15, 0.2) is 0 Å². The largest absolute Gasteiger partial charge is 0.490 e. The molecular formula is C20H20ClN3O2. The van der Waals surface area contributed by atoms with E-state index in [0.29, 0.717) is 29.5 Å². The van der Waals surface area contributed by atoms with Crippen LogP contribution >= 0.6 is 11.6 Å². The number of amides is 2. The topological polar surface area (TPSA) is 45.9 Å². The third-order valence-corrected chi connectivity index (χ3v) is 4.68. The van der Waals surface area contributed by atoms with Gasteiger partial charge in [0.25, 0.3) is 0 Å². The van der Waals surface area contributed by atoms with E-state index in [1.165, 1.54) is 0 Å². The number of aryl methyl sites for hydroxylation is 1. The smallest absolute Gasteiger partial charge is 0.321 e. The number of hydrogen-bond donors (Lipinski definition) is 1. The van der Waals surface area contributed by atoms with Crippen molar-refractivity contribution in [3.63, 3.8) is 0 Å². The summed E-state index contributed by atoms with van der Waals surface area (Å²) >= 11 is 6.04. The van der Waals surface area contributed by atoms with Crippen LogP contribution in [-0.2, 0) is 0 Å². The number of likely N-dealkylation sites (tertiary alicyclic amines) is 1. The van der Waals surface area contributed by atoms with Crippen molar-refractivity contribution in [2.24, 2.45) is 0 Å². The first kappa shape index (κ1) is 18.1. The second-order valence-electron chi connectivity index (χ2n) is 6.33. The quantitative estimate of drug-likeness (QED) is 0.748. The number of rotatable bonds is 3. The summed E-state index contributed by atoms with van der Waals surface area (Å²) in [5.41, 5.74) is 2.38. The first-order valence-corrected chi connectivity index (χ1v) is 8.89. The van der Waals surface area contributed by atoms with Crippen LogP contribution < -0.4 is 10.1 Å². The minimum Gasteiger partial charge on any atom is -0.490 e. The molecular weight excluding hydrogens is 350 g/mol. The molecule has 5 nitrogen and oxygen atoms in total. The maximum absolute atomic E-state index is 12.4. The predicted octanol–water partition coefficient (Wildman–Crippen LogP) is 5.27. The number of ether oxygens (including phenoxy) is 1. The fourth-order valence-electron chi connectivity index (χ4n) is 2.86. The van der Waals surface area contributed by atoms with Crippen LogP contribution in [0.25, 0.3) is 4.85 Å². The van der Waals surface area contributed by atoms with E-state index in [0.717, 1.165) is 24.1 Å². The fraction of sp³-hybridized carbons (Fsp3) is 0.300. The first-order chi connectivity index (χ1) is 12.5. The van der Waals surface area contributed by atoms with Crippen LogP contribution in [0.1, 0.15) is 18.4 Å². The first-order valence-electron chi connectivity index (χ1n) is 8.51. The lowest BCUT2D eigenvalue weighted by Crippen LogP contribution is -2.43. The van der Waals surface area contributed by atoms with Gasteiger partial charge in [-0.3, -0.25) is 0 Å². The Kier molecular flexibility index (Phi) is 5.65. The van der Waals surface area contributed by atoms with Crippen molar-refractivity contribution in [2.45, 2.75) is 25.9 Å². The molecule has 1 aliphatic rings. The number of nitrogens with one attached hydrogen (secondary N) is 1. The molecule has 2 amide bonds. The molecule has 0 unspecified atom stereocenters. The lowest BCUT2D eigenvalue weighted by Gasteiger charge is -2.32. The zero-order valence-electron chi connectivity index (χ0n) is 14.5. The molecule has 0 bridgehead atoms. The van der Waals surface area contributed by atoms with Crippen LogP contribution in [0.4, 0.5) is 16.2 Å². The Bertz CT molecular complexity index is 822. The zero-order chi connectivity index (χ0) is 18.5. The molecule has 134 valence electrons. The van der Waals surface area contributed by atoms with Crippen molar-refractivity contribution in [3.8, 4) is 5.75 Å². The minimum atomic E-state index is -0.0863. The van der Waals surface area contributed by atoms with E-state index >= 15 is 0 Å². The number of halogens is 1. The van der Waals surface area contributed by atoms with Gasteiger partial charge >= 0.3 is 6.03 Å². The highest BCUT2D eigenvalue weighted by molar-refractivity contribution is 6.33. The van der Waals surface area contributed by atoms with E-state index in [-0.39, 0.29) is 12.1 Å². The van der Waals surface area contributed by atoms with E-state index in [1.807, 2.05) is 31.2 Å². The van der Waals surface area contributed by atoms with E-state index in [2.05, 4.69) is 10.2 Å². The summed E-state index contributed by atoms with van der Waals surface area (Å²) in [5.74, 6) is 0.657. The summed E-state index contributed by atoms with van der Waals surface area (Å²) in [6, 6.07) is 12.8. The van der Waals surface area contributed by atoms with Crippen LogP contribution in [-0.4, -0.2) is 30.1 Å². The average molecular weight is 370 g/mol. The number of anilines is 1. The van der Waals surface area contributed by atoms with Crippen molar-refractivity contribution in [3.05, 3.63) is 64.5 Å². The molecule has 0 aliphatic carbocycles. The molecule has 26 heavy (non-hydrogen) atoms. The Morgan fingerprint density at radius 3 is 2.54 bits per heavy atom. The molecule has 2 aromatic carbocycles. The normalized spacial score (nSPS) is 14.6. The minimum absolute atomic E-state index is 0.0354. The standard InChI is InChI=1S/C20H20ClN3O2/c1-14-3-5-15(6-4-14)23-20(25)24-11-9-16(10-12-24)26-17-7-8-19(22-2)18(21)13-17/h3-8,13,16H,9-12H2,1H3,(H,23,25). The Balaban J connectivity index is 1.50. The molecule has 0 radical (unpaired) electrons. The van der Waals surface area contributed by atoms with Gasteiger partial charge in [0.1, 0.15) is 11.9 Å². The van der Waals surface area contributed by atoms with Gasteiger partial charge in [0.2, 0.25) is 5.69 Å². The SMILES string of the molecule is [C-]#[N+]c1ccc(OC2CCN(C(=O)Nc3ccc(C)cc3)CC2)cc1Cl. The number of carbonyl (C=O) groups is 1. The van der Waals surface area contributed by atoms with Crippen molar-refractivity contribution in [2.75, 3.05) is 18.4 Å². The Morgan fingerprint density at radius 1 is 1.23 bits per heavy atom. The van der Waals surface area contributed by atoms with Crippen LogP contribution in [0.3, 0.4) is 0 Å². The number of hydrogen-bond acceptors (Lipinski definition) is 2. The number of urea groups is 1. The van der Waals surface area contributed by atoms with Crippen LogP contribution in [0, 0.1) is 13.5 Å². The molecule has 1 fully saturated rings. The second kappa shape index (κ2) is 8.11. The van der Waals surface area contributed by atoms with Gasteiger partial charge in [-0.05, 0) is 31.2 Å². The molecule has 1 saturated heterocycles. The molecule has 6 heteroatoms. The van der Waals surface area contributed by atoms with Crippen LogP contribution in [0.5, 0.6) is 5.75 Å². The van der Waals surface area contributed by atoms with E-state index in [9.17, 15) is 4.79 Å². The van der Waals surface area contributed by atoms with E-state index in [4.69, 9.17) is 22.9 Å². The molecule has 0 spiro atoms. The number of nitrogens with zero attached hydrogens (tertiary/aromatic N) is 2. The number of carbonyl (C=O) groups excluding carboxylic acids is 1. The Labute approximate surface area is 158 Å². The van der Waals surface area contributed by atoms with Gasteiger partial charge in [0, 0.05) is 31.6 Å². The monoisotopic (exact) mass is 369 g/mol. The molecule has 1 aliphatic heterocycles. The Hall–Kier alpha value is -2.71. The summed E-state index contributed by atoms with van der Waals surface area (Å²) in [6.45, 7) is 10.3. The van der Waals surface area contributed by atoms with Gasteiger partial charge in [-0.15, -0.1) is 0 Å². The summed E-state index contributed by atoms with van der Waals surface area (Å²) < 4.78 is 5.95. The predicted molar refractivity (Wildman–Crippen MR) is 103 cm³/mol. The van der Waals surface area contributed by atoms with Crippen molar-refractivity contribution in [1.29, 1.82) is 0 Å². The van der Waals surface area contributed by atoms with Gasteiger partial charge < -0.3 is 15.0 Å². The zero-order valence-corrected chi connectivity index (χ0v) is 15.3. The molecule has 0 atom stereocenters. The number of piperidine rings is 1. The van der Waals surface area contributed by atoms with Crippen molar-refractivity contribution >= 4 is 29.0 Å². The molecule has 1 N–H and O–H groups in total. The summed E-state index contributed by atoms with van der Waals surface area (Å²) in [4.78, 5) is 17.5. The second-order valence-corrected chi connectivity index (χ2v) is 6.73. The van der Waals surface area contributed by atoms with Gasteiger partial charge in [-0.1, -0.05) is 35.4 Å². The molecule has 1 heterocycles. The third-order valence-electron chi connectivity index (χ3n) is 4.37. The highest BCUT2D eigenvalue weighted by Crippen LogP contribution is 2.30. The van der Waals surface area contributed by atoms with E-state index in [1.54, 1.807) is 23.1 Å².